The maximum absolute atomic E-state index is 10.2. The van der Waals surface area contributed by atoms with E-state index in [0.717, 1.165) is 13.0 Å². The van der Waals surface area contributed by atoms with Crippen LogP contribution in [0, 0.1) is 0 Å². The van der Waals surface area contributed by atoms with Crippen LogP contribution in [0.3, 0.4) is 0 Å². The Labute approximate surface area is 93.3 Å². The molecule has 4 nitrogen and oxygen atoms in total. The standard InChI is InChI=1S/C5H3ClO2.C5H11NO/c6-5(7)4-2-1-3-8-4;6-4-5-2-1-3-7-5/h1-3H;5H,1-4,6H2. The third-order valence-electron chi connectivity index (χ3n) is 2.00. The topological polar surface area (TPSA) is 65.5 Å². The molecular weight excluding hydrogens is 218 g/mol. The molecule has 1 aromatic heterocycles. The highest BCUT2D eigenvalue weighted by atomic mass is 35.5. The van der Waals surface area contributed by atoms with Gasteiger partial charge in [0.15, 0.2) is 5.76 Å². The number of carbonyl (C=O) groups is 1. The molecule has 1 fully saturated rings. The summed E-state index contributed by atoms with van der Waals surface area (Å²) in [6, 6.07) is 3.12. The minimum atomic E-state index is -0.560. The predicted molar refractivity (Wildman–Crippen MR) is 56.9 cm³/mol. The molecule has 1 aliphatic heterocycles. The van der Waals surface area contributed by atoms with Gasteiger partial charge in [-0.3, -0.25) is 4.79 Å². The number of halogens is 1. The van der Waals surface area contributed by atoms with E-state index < -0.39 is 5.24 Å². The van der Waals surface area contributed by atoms with Crippen LogP contribution in [0.1, 0.15) is 23.4 Å². The van der Waals surface area contributed by atoms with Gasteiger partial charge < -0.3 is 14.9 Å². The molecule has 0 aromatic carbocycles. The minimum Gasteiger partial charge on any atom is -0.460 e. The molecule has 0 bridgehead atoms. The van der Waals surface area contributed by atoms with E-state index in [1.165, 1.54) is 18.8 Å². The summed E-state index contributed by atoms with van der Waals surface area (Å²) in [6.45, 7) is 1.61. The first-order valence-corrected chi connectivity index (χ1v) is 5.17. The van der Waals surface area contributed by atoms with Crippen molar-refractivity contribution in [2.24, 2.45) is 5.73 Å². The number of nitrogens with two attached hydrogens (primary N) is 1. The van der Waals surface area contributed by atoms with Crippen molar-refractivity contribution in [2.45, 2.75) is 18.9 Å². The molecule has 0 aliphatic carbocycles. The molecular formula is C10H14ClNO3. The van der Waals surface area contributed by atoms with E-state index in [1.54, 1.807) is 6.07 Å². The predicted octanol–water partition coefficient (Wildman–Crippen LogP) is 1.78. The van der Waals surface area contributed by atoms with Crippen molar-refractivity contribution in [2.75, 3.05) is 13.2 Å². The molecule has 0 radical (unpaired) electrons. The molecule has 1 saturated heterocycles. The maximum Gasteiger partial charge on any atom is 0.287 e. The number of furan rings is 1. The first kappa shape index (κ1) is 12.2. The van der Waals surface area contributed by atoms with Crippen LogP contribution in [0.15, 0.2) is 22.8 Å². The number of hydrogen-bond acceptors (Lipinski definition) is 4. The Morgan fingerprint density at radius 2 is 2.47 bits per heavy atom. The lowest BCUT2D eigenvalue weighted by Crippen LogP contribution is -2.17. The minimum absolute atomic E-state index is 0.187. The van der Waals surface area contributed by atoms with Crippen LogP contribution in [-0.4, -0.2) is 24.5 Å². The highest BCUT2D eigenvalue weighted by molar-refractivity contribution is 6.67. The lowest BCUT2D eigenvalue weighted by atomic mass is 10.2. The van der Waals surface area contributed by atoms with Gasteiger partial charge in [0.25, 0.3) is 5.24 Å². The molecule has 1 aliphatic rings. The quantitative estimate of drug-likeness (QED) is 0.788. The normalized spacial score (nSPS) is 19.5. The first-order valence-electron chi connectivity index (χ1n) is 4.79. The molecule has 2 rings (SSSR count). The summed E-state index contributed by atoms with van der Waals surface area (Å²) in [5.74, 6) is 0.187. The Bertz CT molecular complexity index is 281. The van der Waals surface area contributed by atoms with Crippen molar-refractivity contribution in [3.63, 3.8) is 0 Å². The monoisotopic (exact) mass is 231 g/mol. The summed E-state index contributed by atoms with van der Waals surface area (Å²) in [5.41, 5.74) is 5.31. The average molecular weight is 232 g/mol. The highest BCUT2D eigenvalue weighted by Gasteiger charge is 2.11. The second-order valence-electron chi connectivity index (χ2n) is 3.12. The summed E-state index contributed by atoms with van der Waals surface area (Å²) in [7, 11) is 0. The van der Waals surface area contributed by atoms with E-state index in [-0.39, 0.29) is 5.76 Å². The number of carbonyl (C=O) groups excluding carboxylic acids is 1. The SMILES string of the molecule is NCC1CCCO1.O=C(Cl)c1ccco1. The summed E-state index contributed by atoms with van der Waals surface area (Å²) < 4.78 is 9.79. The van der Waals surface area contributed by atoms with Crippen LogP contribution in [0.4, 0.5) is 0 Å². The van der Waals surface area contributed by atoms with E-state index in [1.807, 2.05) is 0 Å². The van der Waals surface area contributed by atoms with Crippen molar-refractivity contribution in [1.29, 1.82) is 0 Å². The molecule has 1 atom stereocenters. The van der Waals surface area contributed by atoms with E-state index in [0.29, 0.717) is 12.6 Å². The van der Waals surface area contributed by atoms with Gasteiger partial charge in [-0.2, -0.15) is 0 Å². The number of ether oxygens (including phenoxy) is 1. The molecule has 15 heavy (non-hydrogen) atoms. The van der Waals surface area contributed by atoms with Gasteiger partial charge in [0.1, 0.15) is 0 Å². The van der Waals surface area contributed by atoms with Crippen molar-refractivity contribution >= 4 is 16.8 Å². The van der Waals surface area contributed by atoms with Crippen LogP contribution in [-0.2, 0) is 4.74 Å². The Balaban J connectivity index is 0.000000151. The Kier molecular flexibility index (Phi) is 5.39. The third kappa shape index (κ3) is 4.46. The fourth-order valence-electron chi connectivity index (χ4n) is 1.22. The molecule has 5 heteroatoms. The zero-order chi connectivity index (χ0) is 11.1. The third-order valence-corrected chi connectivity index (χ3v) is 2.19. The van der Waals surface area contributed by atoms with Crippen LogP contribution < -0.4 is 5.73 Å². The smallest absolute Gasteiger partial charge is 0.287 e. The molecule has 84 valence electrons. The van der Waals surface area contributed by atoms with Gasteiger partial charge in [0.05, 0.1) is 12.4 Å². The first-order chi connectivity index (χ1) is 7.24. The molecule has 1 aromatic rings. The molecule has 2 heterocycles. The van der Waals surface area contributed by atoms with Crippen molar-refractivity contribution in [3.8, 4) is 0 Å². The fourth-order valence-corrected chi connectivity index (χ4v) is 1.33. The van der Waals surface area contributed by atoms with Gasteiger partial charge in [0, 0.05) is 13.2 Å². The second kappa shape index (κ2) is 6.61. The average Bonchev–Trinajstić information content (AvgIpc) is 2.92. The van der Waals surface area contributed by atoms with Gasteiger partial charge >= 0.3 is 0 Å². The van der Waals surface area contributed by atoms with Crippen molar-refractivity contribution < 1.29 is 13.9 Å². The molecule has 0 spiro atoms. The summed E-state index contributed by atoms with van der Waals surface area (Å²) >= 11 is 5.01. The van der Waals surface area contributed by atoms with Gasteiger partial charge in [-0.15, -0.1) is 0 Å². The molecule has 0 saturated carbocycles. The Morgan fingerprint density at radius 1 is 1.67 bits per heavy atom. The van der Waals surface area contributed by atoms with Gasteiger partial charge in [-0.25, -0.2) is 0 Å². The molecule has 1 unspecified atom stereocenters. The second-order valence-corrected chi connectivity index (χ2v) is 3.47. The summed E-state index contributed by atoms with van der Waals surface area (Å²) in [6.07, 6.45) is 4.13. The summed E-state index contributed by atoms with van der Waals surface area (Å²) in [4.78, 5) is 10.2. The number of rotatable bonds is 2. The van der Waals surface area contributed by atoms with Gasteiger partial charge in [-0.05, 0) is 36.6 Å². The number of hydrogen-bond donors (Lipinski definition) is 1. The van der Waals surface area contributed by atoms with Crippen LogP contribution in [0.2, 0.25) is 0 Å². The Hall–Kier alpha value is -0.840. The fraction of sp³-hybridized carbons (Fsp3) is 0.500. The van der Waals surface area contributed by atoms with Gasteiger partial charge in [-0.1, -0.05) is 0 Å². The zero-order valence-corrected chi connectivity index (χ0v) is 9.07. The lowest BCUT2D eigenvalue weighted by molar-refractivity contribution is 0.105. The largest absolute Gasteiger partial charge is 0.460 e. The van der Waals surface area contributed by atoms with Crippen LogP contribution in [0.5, 0.6) is 0 Å². The van der Waals surface area contributed by atoms with Gasteiger partial charge in [0.2, 0.25) is 0 Å². The Morgan fingerprint density at radius 3 is 2.73 bits per heavy atom. The highest BCUT2D eigenvalue weighted by Crippen LogP contribution is 2.09. The van der Waals surface area contributed by atoms with E-state index in [2.05, 4.69) is 4.42 Å². The van der Waals surface area contributed by atoms with Crippen molar-refractivity contribution in [3.05, 3.63) is 24.2 Å². The van der Waals surface area contributed by atoms with E-state index in [4.69, 9.17) is 22.1 Å². The van der Waals surface area contributed by atoms with Crippen LogP contribution >= 0.6 is 11.6 Å². The lowest BCUT2D eigenvalue weighted by Gasteiger charge is -2.01. The van der Waals surface area contributed by atoms with Crippen molar-refractivity contribution in [1.82, 2.24) is 0 Å². The molecule has 2 N–H and O–H groups in total. The maximum atomic E-state index is 10.2. The van der Waals surface area contributed by atoms with E-state index >= 15 is 0 Å². The van der Waals surface area contributed by atoms with E-state index in [9.17, 15) is 4.79 Å². The summed E-state index contributed by atoms with van der Waals surface area (Å²) in [5, 5.41) is -0.560. The zero-order valence-electron chi connectivity index (χ0n) is 8.32. The van der Waals surface area contributed by atoms with Crippen LogP contribution in [0.25, 0.3) is 0 Å². The molecule has 0 amide bonds.